The lowest BCUT2D eigenvalue weighted by atomic mass is 10.2. The van der Waals surface area contributed by atoms with E-state index in [9.17, 15) is 13.6 Å². The third-order valence-electron chi connectivity index (χ3n) is 5.10. The highest BCUT2D eigenvalue weighted by Crippen LogP contribution is 2.31. The van der Waals surface area contributed by atoms with Gasteiger partial charge in [-0.3, -0.25) is 0 Å². The highest BCUT2D eigenvalue weighted by Gasteiger charge is 2.31. The van der Waals surface area contributed by atoms with Crippen LogP contribution in [0.3, 0.4) is 0 Å². The molecule has 4 rings (SSSR count). The number of fused-ring (bicyclic) bond motifs is 1. The van der Waals surface area contributed by atoms with Crippen LogP contribution in [0.4, 0.5) is 25.1 Å². The highest BCUT2D eigenvalue weighted by molar-refractivity contribution is 6.32. The van der Waals surface area contributed by atoms with Crippen molar-refractivity contribution in [2.75, 3.05) is 25.0 Å². The summed E-state index contributed by atoms with van der Waals surface area (Å²) in [6.45, 7) is 5.65. The van der Waals surface area contributed by atoms with E-state index in [2.05, 4.69) is 20.3 Å². The number of aromatic nitrogens is 3. The third-order valence-corrected chi connectivity index (χ3v) is 5.40. The third kappa shape index (κ3) is 6.60. The predicted octanol–water partition coefficient (Wildman–Crippen LogP) is 5.45. The van der Waals surface area contributed by atoms with Crippen LogP contribution in [0.1, 0.15) is 27.2 Å². The van der Waals surface area contributed by atoms with Gasteiger partial charge < -0.3 is 24.4 Å². The summed E-state index contributed by atoms with van der Waals surface area (Å²) in [7, 11) is 0. The molecule has 1 aliphatic heterocycles. The monoisotopic (exact) mass is 521 g/mol. The topological polar surface area (TPSA) is 98.7 Å². The minimum Gasteiger partial charge on any atom is -0.486 e. The Morgan fingerprint density at radius 2 is 2.06 bits per heavy atom. The summed E-state index contributed by atoms with van der Waals surface area (Å²) in [6, 6.07) is 8.14. The zero-order valence-electron chi connectivity index (χ0n) is 20.0. The Morgan fingerprint density at radius 3 is 2.78 bits per heavy atom. The Balaban J connectivity index is 1.46. The van der Waals surface area contributed by atoms with E-state index < -0.39 is 18.6 Å². The maximum Gasteiger partial charge on any atom is 0.410 e. The fourth-order valence-corrected chi connectivity index (χ4v) is 3.79. The van der Waals surface area contributed by atoms with Crippen LogP contribution in [-0.4, -0.2) is 63.8 Å². The molecular formula is C24H26ClF2N5O4. The molecule has 0 unspecified atom stereocenters. The maximum atomic E-state index is 12.4. The van der Waals surface area contributed by atoms with Crippen molar-refractivity contribution in [3.05, 3.63) is 41.7 Å². The van der Waals surface area contributed by atoms with Crippen molar-refractivity contribution in [3.8, 4) is 11.6 Å². The van der Waals surface area contributed by atoms with Gasteiger partial charge in [0, 0.05) is 24.7 Å². The molecule has 1 aromatic carbocycles. The molecule has 2 aromatic heterocycles. The normalized spacial score (nSPS) is 15.9. The molecule has 0 radical (unpaired) electrons. The molecule has 0 spiro atoms. The maximum absolute atomic E-state index is 12.4. The molecule has 3 aromatic rings. The minimum atomic E-state index is -2.60. The molecule has 3 heterocycles. The Bertz CT molecular complexity index is 1240. The number of carbonyl (C=O) groups is 1. The van der Waals surface area contributed by atoms with E-state index in [1.807, 2.05) is 20.8 Å². The highest BCUT2D eigenvalue weighted by atomic mass is 35.5. The summed E-state index contributed by atoms with van der Waals surface area (Å²) in [5, 5.41) is 3.29. The van der Waals surface area contributed by atoms with Crippen LogP contribution in [0.2, 0.25) is 5.02 Å². The van der Waals surface area contributed by atoms with Crippen LogP contribution >= 0.6 is 11.6 Å². The van der Waals surface area contributed by atoms with Crippen LogP contribution in [-0.2, 0) is 4.74 Å². The molecule has 1 saturated heterocycles. The van der Waals surface area contributed by atoms with Crippen molar-refractivity contribution in [1.82, 2.24) is 19.9 Å². The van der Waals surface area contributed by atoms with Gasteiger partial charge >= 0.3 is 6.09 Å². The number of nitrogens with zero attached hydrogens (tertiary/aromatic N) is 4. The molecular weight excluding hydrogens is 496 g/mol. The van der Waals surface area contributed by atoms with Gasteiger partial charge in [0.05, 0.1) is 17.1 Å². The number of carbonyl (C=O) groups excluding carboxylic acids is 1. The van der Waals surface area contributed by atoms with Gasteiger partial charge in [0.15, 0.2) is 5.82 Å². The van der Waals surface area contributed by atoms with Crippen LogP contribution in [0.5, 0.6) is 11.6 Å². The molecule has 36 heavy (non-hydrogen) atoms. The number of ether oxygens (including phenoxy) is 3. The quantitative estimate of drug-likeness (QED) is 0.438. The van der Waals surface area contributed by atoms with E-state index in [4.69, 9.17) is 25.8 Å². The smallest absolute Gasteiger partial charge is 0.410 e. The Labute approximate surface area is 211 Å². The van der Waals surface area contributed by atoms with E-state index in [1.165, 1.54) is 12.4 Å². The first kappa shape index (κ1) is 25.6. The predicted molar refractivity (Wildman–Crippen MR) is 130 cm³/mol. The van der Waals surface area contributed by atoms with Crippen molar-refractivity contribution < 1.29 is 27.8 Å². The molecule has 0 bridgehead atoms. The number of anilines is 2. The lowest BCUT2D eigenvalue weighted by Gasteiger charge is -2.24. The second-order valence-electron chi connectivity index (χ2n) is 9.17. The Hall–Kier alpha value is -3.47. The molecule has 0 saturated carbocycles. The summed E-state index contributed by atoms with van der Waals surface area (Å²) in [5.74, 6) is 0.926. The minimum absolute atomic E-state index is 0.154. The number of amides is 1. The zero-order valence-corrected chi connectivity index (χ0v) is 20.8. The first-order valence-corrected chi connectivity index (χ1v) is 11.7. The zero-order chi connectivity index (χ0) is 25.9. The van der Waals surface area contributed by atoms with Crippen molar-refractivity contribution in [1.29, 1.82) is 0 Å². The lowest BCUT2D eigenvalue weighted by molar-refractivity contribution is 0.0275. The fourth-order valence-electron chi connectivity index (χ4n) is 3.55. The number of hydrogen-bond donors (Lipinski definition) is 1. The molecule has 1 fully saturated rings. The number of hydrogen-bond acceptors (Lipinski definition) is 8. The summed E-state index contributed by atoms with van der Waals surface area (Å²) in [4.78, 5) is 27.0. The van der Waals surface area contributed by atoms with Crippen LogP contribution in [0, 0.1) is 0 Å². The summed E-state index contributed by atoms with van der Waals surface area (Å²) >= 11 is 6.17. The first-order valence-electron chi connectivity index (χ1n) is 11.3. The number of halogens is 3. The molecule has 1 N–H and O–H groups in total. The fraction of sp³-hybridized carbons (Fsp3) is 0.417. The van der Waals surface area contributed by atoms with Crippen molar-refractivity contribution in [3.63, 3.8) is 0 Å². The largest absolute Gasteiger partial charge is 0.486 e. The summed E-state index contributed by atoms with van der Waals surface area (Å²) in [5.41, 5.74) is 1.04. The second-order valence-corrected chi connectivity index (χ2v) is 9.57. The Morgan fingerprint density at radius 1 is 1.25 bits per heavy atom. The van der Waals surface area contributed by atoms with Crippen molar-refractivity contribution in [2.24, 2.45) is 0 Å². The van der Waals surface area contributed by atoms with E-state index in [1.54, 1.807) is 29.2 Å². The number of likely N-dealkylation sites (tertiary alicyclic amines) is 1. The van der Waals surface area contributed by atoms with Gasteiger partial charge in [-0.15, -0.1) is 0 Å². The molecule has 12 heteroatoms. The van der Waals surface area contributed by atoms with Crippen LogP contribution < -0.4 is 14.8 Å². The van der Waals surface area contributed by atoms with Gasteiger partial charge in [0.25, 0.3) is 6.43 Å². The average molecular weight is 522 g/mol. The number of pyridine rings is 1. The van der Waals surface area contributed by atoms with Gasteiger partial charge in [-0.1, -0.05) is 11.6 Å². The molecule has 1 atom stereocenters. The van der Waals surface area contributed by atoms with Gasteiger partial charge in [0.1, 0.15) is 35.9 Å². The van der Waals surface area contributed by atoms with Gasteiger partial charge in [0.2, 0.25) is 5.88 Å². The Kier molecular flexibility index (Phi) is 7.58. The molecule has 1 amide bonds. The van der Waals surface area contributed by atoms with Crippen LogP contribution in [0.15, 0.2) is 36.7 Å². The number of alkyl halides is 2. The van der Waals surface area contributed by atoms with E-state index >= 15 is 0 Å². The average Bonchev–Trinajstić information content (AvgIpc) is 3.26. The van der Waals surface area contributed by atoms with Gasteiger partial charge in [-0.05, 0) is 45.0 Å². The van der Waals surface area contributed by atoms with E-state index in [0.717, 1.165) is 0 Å². The first-order chi connectivity index (χ1) is 17.1. The second kappa shape index (κ2) is 10.7. The number of rotatable bonds is 7. The number of benzene rings is 1. The summed E-state index contributed by atoms with van der Waals surface area (Å²) < 4.78 is 41.3. The molecule has 1 aliphatic rings. The standard InChI is InChI=1S/C24H26ClF2N5O4/c1-24(2,3)36-23(33)32-9-8-15(11-32)35-20-7-5-17-21(31-20)22(29-13-28-17)30-14-4-6-18(16(25)10-14)34-12-19(26)27/h4-7,10,13,15,19H,8-9,11-12H2,1-3H3,(H,28,29,30)/t15-/m0/s1. The molecule has 192 valence electrons. The van der Waals surface area contributed by atoms with Crippen molar-refractivity contribution >= 4 is 40.2 Å². The SMILES string of the molecule is CC(C)(C)OC(=O)N1CC[C@H](Oc2ccc3ncnc(Nc4ccc(OCC(F)F)c(Cl)c4)c3n2)C1. The number of nitrogens with one attached hydrogen (secondary N) is 1. The van der Waals surface area contributed by atoms with Gasteiger partial charge in [-0.25, -0.2) is 28.5 Å². The molecule has 0 aliphatic carbocycles. The van der Waals surface area contributed by atoms with Crippen LogP contribution in [0.25, 0.3) is 11.0 Å². The van der Waals surface area contributed by atoms with E-state index in [0.29, 0.717) is 47.9 Å². The van der Waals surface area contributed by atoms with Crippen molar-refractivity contribution in [2.45, 2.75) is 45.3 Å². The van der Waals surface area contributed by atoms with E-state index in [-0.39, 0.29) is 23.0 Å². The summed E-state index contributed by atoms with van der Waals surface area (Å²) in [6.07, 6.45) is -1.16. The lowest BCUT2D eigenvalue weighted by Crippen LogP contribution is -2.36. The van der Waals surface area contributed by atoms with Gasteiger partial charge in [-0.2, -0.15) is 0 Å². The molecule has 9 nitrogen and oxygen atoms in total.